The average Bonchev–Trinajstić information content (AvgIpc) is 3.21. The Labute approximate surface area is 142 Å². The summed E-state index contributed by atoms with van der Waals surface area (Å²) in [4.78, 5) is 22.7. The highest BCUT2D eigenvalue weighted by molar-refractivity contribution is 6.02. The van der Waals surface area contributed by atoms with Crippen molar-refractivity contribution in [1.82, 2.24) is 29.3 Å². The number of hydrogen-bond acceptors (Lipinski definition) is 6. The highest BCUT2D eigenvalue weighted by Crippen LogP contribution is 2.21. The van der Waals surface area contributed by atoms with E-state index in [4.69, 9.17) is 0 Å². The van der Waals surface area contributed by atoms with Gasteiger partial charge in [-0.15, -0.1) is 0 Å². The second-order valence-corrected chi connectivity index (χ2v) is 5.49. The summed E-state index contributed by atoms with van der Waals surface area (Å²) >= 11 is 0. The SMILES string of the molecule is Cc1nn(Cn2ccc(C(=O)Nc3ccn(C)n3)n2)c(C)c1[N+](=O)[O-]. The van der Waals surface area contributed by atoms with Gasteiger partial charge in [0.2, 0.25) is 0 Å². The Morgan fingerprint density at radius 3 is 2.60 bits per heavy atom. The molecular weight excluding hydrogens is 328 g/mol. The first-order chi connectivity index (χ1) is 11.8. The molecule has 1 N–H and O–H groups in total. The molecule has 3 rings (SSSR count). The Morgan fingerprint density at radius 1 is 1.24 bits per heavy atom. The third kappa shape index (κ3) is 3.24. The highest BCUT2D eigenvalue weighted by Gasteiger charge is 2.22. The maximum Gasteiger partial charge on any atom is 0.312 e. The molecule has 11 nitrogen and oxygen atoms in total. The van der Waals surface area contributed by atoms with E-state index in [9.17, 15) is 14.9 Å². The van der Waals surface area contributed by atoms with Gasteiger partial charge in [0.15, 0.2) is 11.5 Å². The Morgan fingerprint density at radius 2 is 2.00 bits per heavy atom. The fourth-order valence-electron chi connectivity index (χ4n) is 2.45. The minimum absolute atomic E-state index is 0.0136. The normalized spacial score (nSPS) is 10.8. The number of amides is 1. The van der Waals surface area contributed by atoms with E-state index in [0.29, 0.717) is 17.2 Å². The Kier molecular flexibility index (Phi) is 4.05. The summed E-state index contributed by atoms with van der Waals surface area (Å²) in [5.74, 6) is 0.0352. The molecule has 0 radical (unpaired) electrons. The zero-order valence-corrected chi connectivity index (χ0v) is 13.9. The van der Waals surface area contributed by atoms with Gasteiger partial charge in [-0.2, -0.15) is 15.3 Å². The molecule has 0 unspecified atom stereocenters. The molecule has 0 bridgehead atoms. The highest BCUT2D eigenvalue weighted by atomic mass is 16.6. The zero-order valence-electron chi connectivity index (χ0n) is 13.9. The minimum atomic E-state index is -0.455. The van der Waals surface area contributed by atoms with Gasteiger partial charge in [0, 0.05) is 25.5 Å². The van der Waals surface area contributed by atoms with Crippen molar-refractivity contribution in [3.63, 3.8) is 0 Å². The third-order valence-corrected chi connectivity index (χ3v) is 3.63. The molecule has 0 aromatic carbocycles. The smallest absolute Gasteiger partial charge is 0.304 e. The molecule has 0 saturated heterocycles. The fraction of sp³-hybridized carbons (Fsp3) is 0.286. The van der Waals surface area contributed by atoms with Gasteiger partial charge >= 0.3 is 5.69 Å². The maximum atomic E-state index is 12.2. The maximum absolute atomic E-state index is 12.2. The van der Waals surface area contributed by atoms with Gasteiger partial charge in [-0.3, -0.25) is 24.3 Å². The Hall–Kier alpha value is -3.50. The van der Waals surface area contributed by atoms with E-state index in [0.717, 1.165) is 0 Å². The number of aryl methyl sites for hydroxylation is 2. The predicted octanol–water partition coefficient (Wildman–Crippen LogP) is 1.10. The lowest BCUT2D eigenvalue weighted by molar-refractivity contribution is -0.386. The fourth-order valence-corrected chi connectivity index (χ4v) is 2.45. The van der Waals surface area contributed by atoms with Crippen LogP contribution >= 0.6 is 0 Å². The number of aromatic nitrogens is 6. The van der Waals surface area contributed by atoms with Gasteiger partial charge < -0.3 is 5.32 Å². The summed E-state index contributed by atoms with van der Waals surface area (Å²) in [5, 5.41) is 26.1. The van der Waals surface area contributed by atoms with E-state index in [1.54, 1.807) is 50.1 Å². The van der Waals surface area contributed by atoms with Gasteiger partial charge in [0.05, 0.1) is 4.92 Å². The molecule has 130 valence electrons. The molecule has 25 heavy (non-hydrogen) atoms. The van der Waals surface area contributed by atoms with Crippen molar-refractivity contribution in [3.05, 3.63) is 51.7 Å². The number of carbonyl (C=O) groups is 1. The molecule has 1 amide bonds. The van der Waals surface area contributed by atoms with Gasteiger partial charge in [-0.25, -0.2) is 4.68 Å². The molecule has 3 heterocycles. The van der Waals surface area contributed by atoms with Crippen molar-refractivity contribution in [2.75, 3.05) is 5.32 Å². The van der Waals surface area contributed by atoms with Crippen LogP contribution in [0.25, 0.3) is 0 Å². The first kappa shape index (κ1) is 16.4. The molecule has 0 aliphatic rings. The summed E-state index contributed by atoms with van der Waals surface area (Å²) in [7, 11) is 1.75. The summed E-state index contributed by atoms with van der Waals surface area (Å²) < 4.78 is 4.53. The second kappa shape index (κ2) is 6.19. The van der Waals surface area contributed by atoms with Crippen LogP contribution in [0, 0.1) is 24.0 Å². The summed E-state index contributed by atoms with van der Waals surface area (Å²) in [6.07, 6.45) is 3.32. The number of rotatable bonds is 5. The molecule has 0 saturated carbocycles. The van der Waals surface area contributed by atoms with Crippen LogP contribution in [0.2, 0.25) is 0 Å². The van der Waals surface area contributed by atoms with Crippen LogP contribution < -0.4 is 5.32 Å². The van der Waals surface area contributed by atoms with Crippen molar-refractivity contribution in [2.45, 2.75) is 20.5 Å². The molecule has 11 heteroatoms. The predicted molar refractivity (Wildman–Crippen MR) is 87.1 cm³/mol. The number of carbonyl (C=O) groups excluding carboxylic acids is 1. The quantitative estimate of drug-likeness (QED) is 0.545. The van der Waals surface area contributed by atoms with Crippen LogP contribution in [-0.4, -0.2) is 40.2 Å². The zero-order chi connectivity index (χ0) is 18.1. The van der Waals surface area contributed by atoms with Crippen molar-refractivity contribution < 1.29 is 9.72 Å². The van der Waals surface area contributed by atoms with E-state index in [1.165, 1.54) is 9.36 Å². The number of nitrogens with zero attached hydrogens (tertiary/aromatic N) is 7. The Bertz CT molecular complexity index is 951. The molecule has 0 fully saturated rings. The monoisotopic (exact) mass is 344 g/mol. The number of nitro groups is 1. The molecule has 3 aromatic rings. The molecular formula is C14H16N8O3. The van der Waals surface area contributed by atoms with Gasteiger partial charge in [0.25, 0.3) is 5.91 Å². The number of hydrogen-bond donors (Lipinski definition) is 1. The van der Waals surface area contributed by atoms with Crippen LogP contribution in [0.5, 0.6) is 0 Å². The van der Waals surface area contributed by atoms with Crippen LogP contribution in [0.1, 0.15) is 21.9 Å². The van der Waals surface area contributed by atoms with Gasteiger partial charge in [-0.1, -0.05) is 0 Å². The Balaban J connectivity index is 1.75. The van der Waals surface area contributed by atoms with E-state index in [2.05, 4.69) is 20.6 Å². The van der Waals surface area contributed by atoms with Crippen molar-refractivity contribution >= 4 is 17.4 Å². The molecule has 0 atom stereocenters. The average molecular weight is 344 g/mol. The third-order valence-electron chi connectivity index (χ3n) is 3.63. The van der Waals surface area contributed by atoms with Crippen molar-refractivity contribution in [2.24, 2.45) is 7.05 Å². The van der Waals surface area contributed by atoms with E-state index in [1.807, 2.05) is 0 Å². The topological polar surface area (TPSA) is 126 Å². The van der Waals surface area contributed by atoms with E-state index < -0.39 is 10.8 Å². The van der Waals surface area contributed by atoms with E-state index >= 15 is 0 Å². The lowest BCUT2D eigenvalue weighted by Gasteiger charge is -2.03. The lowest BCUT2D eigenvalue weighted by Crippen LogP contribution is -2.16. The molecule has 3 aromatic heterocycles. The summed E-state index contributed by atoms with van der Waals surface area (Å²) in [6.45, 7) is 3.37. The van der Waals surface area contributed by atoms with Crippen LogP contribution in [0.15, 0.2) is 24.5 Å². The standard InChI is InChI=1S/C14H16N8O3/c1-9-13(22(24)25)10(2)21(16-9)8-20-7-4-11(17-20)14(23)15-12-5-6-19(3)18-12/h4-7H,8H2,1-3H3,(H,15,18,23). The van der Waals surface area contributed by atoms with Gasteiger partial charge in [0.1, 0.15) is 18.1 Å². The van der Waals surface area contributed by atoms with E-state index in [-0.39, 0.29) is 18.1 Å². The van der Waals surface area contributed by atoms with Crippen LogP contribution in [0.3, 0.4) is 0 Å². The first-order valence-corrected chi connectivity index (χ1v) is 7.38. The van der Waals surface area contributed by atoms with Crippen LogP contribution in [0.4, 0.5) is 11.5 Å². The number of anilines is 1. The summed E-state index contributed by atoms with van der Waals surface area (Å²) in [5.41, 5.74) is 0.960. The minimum Gasteiger partial charge on any atom is -0.304 e. The molecule has 0 aliphatic carbocycles. The number of nitrogens with one attached hydrogen (secondary N) is 1. The van der Waals surface area contributed by atoms with Gasteiger partial charge in [-0.05, 0) is 19.9 Å². The molecule has 0 aliphatic heterocycles. The van der Waals surface area contributed by atoms with Crippen molar-refractivity contribution in [3.8, 4) is 0 Å². The van der Waals surface area contributed by atoms with Crippen LogP contribution in [-0.2, 0) is 13.7 Å². The van der Waals surface area contributed by atoms with Crippen molar-refractivity contribution in [1.29, 1.82) is 0 Å². The molecule has 0 spiro atoms. The largest absolute Gasteiger partial charge is 0.312 e. The first-order valence-electron chi connectivity index (χ1n) is 7.38. The lowest BCUT2D eigenvalue weighted by atomic mass is 10.3. The summed E-state index contributed by atoms with van der Waals surface area (Å²) in [6, 6.07) is 3.22. The second-order valence-electron chi connectivity index (χ2n) is 5.49.